The summed E-state index contributed by atoms with van der Waals surface area (Å²) in [5.41, 5.74) is 0.716. The number of hydrogen-bond acceptors (Lipinski definition) is 4. The fourth-order valence-corrected chi connectivity index (χ4v) is 2.76. The predicted octanol–water partition coefficient (Wildman–Crippen LogP) is 2.27. The van der Waals surface area contributed by atoms with Gasteiger partial charge in [-0.1, -0.05) is 18.6 Å². The molecule has 1 aromatic carbocycles. The summed E-state index contributed by atoms with van der Waals surface area (Å²) in [4.78, 5) is 26.6. The summed E-state index contributed by atoms with van der Waals surface area (Å²) in [6, 6.07) is 7.48. The van der Waals surface area contributed by atoms with E-state index in [0.29, 0.717) is 23.7 Å². The number of benzene rings is 1. The Hall–Kier alpha value is -1.79. The zero-order valence-corrected chi connectivity index (χ0v) is 13.0. The summed E-state index contributed by atoms with van der Waals surface area (Å²) in [5.74, 6) is 0. The molecule has 1 unspecified atom stereocenters. The predicted molar refractivity (Wildman–Crippen MR) is 86.8 cm³/mol. The van der Waals surface area contributed by atoms with E-state index >= 15 is 0 Å². The highest BCUT2D eigenvalue weighted by molar-refractivity contribution is 5.86. The highest BCUT2D eigenvalue weighted by Gasteiger charge is 2.16. The topological polar surface area (TPSA) is 76.1 Å². The molecule has 0 radical (unpaired) electrons. The van der Waals surface area contributed by atoms with Gasteiger partial charge in [0.25, 0.3) is 0 Å². The number of rotatable bonds is 3. The first kappa shape index (κ1) is 16.6. The quantitative estimate of drug-likeness (QED) is 0.907. The van der Waals surface area contributed by atoms with Gasteiger partial charge >= 0.3 is 11.8 Å². The Morgan fingerprint density at radius 3 is 2.91 bits per heavy atom. The summed E-state index contributed by atoms with van der Waals surface area (Å²) in [6.45, 7) is 1.35. The number of hydrogen-bond donors (Lipinski definition) is 2. The van der Waals surface area contributed by atoms with Crippen molar-refractivity contribution in [1.29, 1.82) is 0 Å². The second kappa shape index (κ2) is 7.47. The molecule has 0 spiro atoms. The molecule has 6 nitrogen and oxygen atoms in total. The van der Waals surface area contributed by atoms with E-state index in [1.807, 2.05) is 6.07 Å². The van der Waals surface area contributed by atoms with Crippen LogP contribution in [0.1, 0.15) is 25.7 Å². The Labute approximate surface area is 134 Å². The number of H-pyrrole nitrogens is 1. The maximum absolute atomic E-state index is 12.1. The van der Waals surface area contributed by atoms with Crippen molar-refractivity contribution in [1.82, 2.24) is 14.9 Å². The standard InChI is InChI=1S/C15H19N3O3.ClH/c19-14-17-12-6-1-2-7-13(12)18(14)15(20)21-10-8-11-5-3-4-9-16-11;/h1-2,6-7,11,16H,3-5,8-10H2,(H,17,19);1H. The number of nitrogens with one attached hydrogen (secondary N) is 2. The summed E-state index contributed by atoms with van der Waals surface area (Å²) >= 11 is 0. The Balaban J connectivity index is 0.00000176. The molecular formula is C15H20ClN3O3. The molecule has 2 aromatic rings. The van der Waals surface area contributed by atoms with Gasteiger partial charge in [-0.2, -0.15) is 4.57 Å². The number of carbonyl (C=O) groups excluding carboxylic acids is 1. The fourth-order valence-electron chi connectivity index (χ4n) is 2.76. The highest BCUT2D eigenvalue weighted by atomic mass is 35.5. The van der Waals surface area contributed by atoms with Crippen LogP contribution in [0.15, 0.2) is 29.1 Å². The molecule has 1 saturated heterocycles. The number of aromatic nitrogens is 2. The molecule has 0 amide bonds. The molecule has 1 aromatic heterocycles. The molecule has 1 aliphatic heterocycles. The van der Waals surface area contributed by atoms with Gasteiger partial charge in [-0.3, -0.25) is 0 Å². The minimum Gasteiger partial charge on any atom is -0.449 e. The number of fused-ring (bicyclic) bond motifs is 1. The molecule has 22 heavy (non-hydrogen) atoms. The first-order valence-electron chi connectivity index (χ1n) is 7.36. The molecule has 7 heteroatoms. The average molecular weight is 326 g/mol. The third-order valence-corrected chi connectivity index (χ3v) is 3.88. The van der Waals surface area contributed by atoms with Crippen molar-refractivity contribution in [3.8, 4) is 0 Å². The number of carbonyl (C=O) groups is 1. The van der Waals surface area contributed by atoms with Gasteiger partial charge in [0.1, 0.15) is 0 Å². The van der Waals surface area contributed by atoms with Crippen LogP contribution in [0.25, 0.3) is 11.0 Å². The zero-order chi connectivity index (χ0) is 14.7. The molecule has 2 N–H and O–H groups in total. The van der Waals surface area contributed by atoms with Gasteiger partial charge in [0.05, 0.1) is 17.6 Å². The van der Waals surface area contributed by atoms with Crippen LogP contribution in [0.4, 0.5) is 4.79 Å². The molecule has 120 valence electrons. The van der Waals surface area contributed by atoms with Gasteiger partial charge in [0.15, 0.2) is 0 Å². The second-order valence-electron chi connectivity index (χ2n) is 5.33. The maximum atomic E-state index is 12.1. The summed E-state index contributed by atoms with van der Waals surface area (Å²) in [7, 11) is 0. The van der Waals surface area contributed by atoms with Gasteiger partial charge in [-0.05, 0) is 37.9 Å². The van der Waals surface area contributed by atoms with Crippen molar-refractivity contribution in [2.45, 2.75) is 31.7 Å². The van der Waals surface area contributed by atoms with Crippen molar-refractivity contribution in [3.63, 3.8) is 0 Å². The van der Waals surface area contributed by atoms with Crippen molar-refractivity contribution < 1.29 is 9.53 Å². The Kier molecular flexibility index (Phi) is 5.63. The smallest absolute Gasteiger partial charge is 0.422 e. The summed E-state index contributed by atoms with van der Waals surface area (Å²) in [6.07, 6.45) is 3.70. The third-order valence-electron chi connectivity index (χ3n) is 3.88. The SMILES string of the molecule is Cl.O=C(OCCC1CCCCN1)n1c(=O)[nH]c2ccccc21. The normalized spacial score (nSPS) is 17.9. The molecule has 1 fully saturated rings. The van der Waals surface area contributed by atoms with E-state index < -0.39 is 11.8 Å². The van der Waals surface area contributed by atoms with E-state index in [4.69, 9.17) is 4.74 Å². The van der Waals surface area contributed by atoms with Crippen LogP contribution in [-0.2, 0) is 4.74 Å². The average Bonchev–Trinajstić information content (AvgIpc) is 2.84. The zero-order valence-electron chi connectivity index (χ0n) is 12.2. The highest BCUT2D eigenvalue weighted by Crippen LogP contribution is 2.11. The first-order chi connectivity index (χ1) is 10.3. The monoisotopic (exact) mass is 325 g/mol. The van der Waals surface area contributed by atoms with Crippen LogP contribution >= 0.6 is 12.4 Å². The Morgan fingerprint density at radius 1 is 1.32 bits per heavy atom. The van der Waals surface area contributed by atoms with Crippen LogP contribution in [0.2, 0.25) is 0 Å². The van der Waals surface area contributed by atoms with Gasteiger partial charge in [0, 0.05) is 6.04 Å². The van der Waals surface area contributed by atoms with Crippen molar-refractivity contribution in [2.24, 2.45) is 0 Å². The number of nitrogens with zero attached hydrogens (tertiary/aromatic N) is 1. The van der Waals surface area contributed by atoms with E-state index in [2.05, 4.69) is 10.3 Å². The van der Waals surface area contributed by atoms with E-state index in [-0.39, 0.29) is 12.4 Å². The van der Waals surface area contributed by atoms with Crippen LogP contribution in [0, 0.1) is 0 Å². The van der Waals surface area contributed by atoms with Crippen LogP contribution in [-0.4, -0.2) is 34.8 Å². The first-order valence-corrected chi connectivity index (χ1v) is 7.36. The van der Waals surface area contributed by atoms with Gasteiger partial charge in [-0.15, -0.1) is 12.4 Å². The van der Waals surface area contributed by atoms with Crippen molar-refractivity contribution in [3.05, 3.63) is 34.7 Å². The number of imidazole rings is 1. The van der Waals surface area contributed by atoms with E-state index in [9.17, 15) is 9.59 Å². The molecule has 3 rings (SSSR count). The largest absolute Gasteiger partial charge is 0.449 e. The van der Waals surface area contributed by atoms with E-state index in [1.54, 1.807) is 18.2 Å². The lowest BCUT2D eigenvalue weighted by Gasteiger charge is -2.22. The molecule has 0 aliphatic carbocycles. The molecular weight excluding hydrogens is 306 g/mol. The lowest BCUT2D eigenvalue weighted by Crippen LogP contribution is -2.35. The van der Waals surface area contributed by atoms with Crippen LogP contribution in [0.3, 0.4) is 0 Å². The lowest BCUT2D eigenvalue weighted by molar-refractivity contribution is 0.140. The number of para-hydroxylation sites is 2. The van der Waals surface area contributed by atoms with Gasteiger partial charge in [0.2, 0.25) is 0 Å². The Morgan fingerprint density at radius 2 is 2.14 bits per heavy atom. The van der Waals surface area contributed by atoms with Crippen LogP contribution < -0.4 is 11.0 Å². The van der Waals surface area contributed by atoms with Crippen LogP contribution in [0.5, 0.6) is 0 Å². The van der Waals surface area contributed by atoms with Gasteiger partial charge in [-0.25, -0.2) is 9.59 Å². The maximum Gasteiger partial charge on any atom is 0.422 e. The van der Waals surface area contributed by atoms with E-state index in [0.717, 1.165) is 24.0 Å². The number of halogens is 1. The Bertz CT molecular complexity index is 689. The molecule has 0 bridgehead atoms. The van der Waals surface area contributed by atoms with Crippen molar-refractivity contribution in [2.75, 3.05) is 13.2 Å². The van der Waals surface area contributed by atoms with Gasteiger partial charge < -0.3 is 15.0 Å². The third kappa shape index (κ3) is 3.51. The molecule has 1 aliphatic rings. The summed E-state index contributed by atoms with van der Waals surface area (Å²) in [5, 5.41) is 3.40. The number of aromatic amines is 1. The lowest BCUT2D eigenvalue weighted by atomic mass is 10.0. The summed E-state index contributed by atoms with van der Waals surface area (Å²) < 4.78 is 6.29. The number of piperidine rings is 1. The molecule has 2 heterocycles. The fraction of sp³-hybridized carbons (Fsp3) is 0.467. The minimum atomic E-state index is -0.617. The second-order valence-corrected chi connectivity index (χ2v) is 5.33. The van der Waals surface area contributed by atoms with Crippen molar-refractivity contribution >= 4 is 29.5 Å². The number of ether oxygens (including phenoxy) is 1. The molecule has 0 saturated carbocycles. The van der Waals surface area contributed by atoms with E-state index in [1.165, 1.54) is 12.8 Å². The minimum absolute atomic E-state index is 0. The molecule has 1 atom stereocenters.